The number of ether oxygens (including phenoxy) is 2. The van der Waals surface area contributed by atoms with Gasteiger partial charge >= 0.3 is 0 Å². The molecule has 0 unspecified atom stereocenters. The predicted octanol–water partition coefficient (Wildman–Crippen LogP) is 2.55. The standard InChI is InChI=1S/C17H24N2O2/c1-2-4-13(3-1)17(19-9-7-18-8-10-19)14-5-6-15-16(11-14)21-12-20-15/h5-6,11,13,17-18H,1-4,7-10,12H2/t17-/m0/s1. The van der Waals surface area contributed by atoms with Crippen LogP contribution in [0.2, 0.25) is 0 Å². The van der Waals surface area contributed by atoms with E-state index in [4.69, 9.17) is 9.47 Å². The smallest absolute Gasteiger partial charge is 0.231 e. The monoisotopic (exact) mass is 288 g/mol. The lowest BCUT2D eigenvalue weighted by atomic mass is 9.89. The molecule has 114 valence electrons. The van der Waals surface area contributed by atoms with Crippen LogP contribution in [0.15, 0.2) is 18.2 Å². The first-order valence-corrected chi connectivity index (χ1v) is 8.26. The lowest BCUT2D eigenvalue weighted by Crippen LogP contribution is -2.46. The zero-order valence-electron chi connectivity index (χ0n) is 12.5. The quantitative estimate of drug-likeness (QED) is 0.927. The second-order valence-corrected chi connectivity index (χ2v) is 6.39. The molecule has 1 saturated carbocycles. The van der Waals surface area contributed by atoms with Gasteiger partial charge in [-0.3, -0.25) is 4.90 Å². The van der Waals surface area contributed by atoms with Crippen LogP contribution in [0.5, 0.6) is 11.5 Å². The Balaban J connectivity index is 1.64. The number of benzene rings is 1. The van der Waals surface area contributed by atoms with Gasteiger partial charge < -0.3 is 14.8 Å². The predicted molar refractivity (Wildman–Crippen MR) is 81.7 cm³/mol. The van der Waals surface area contributed by atoms with Crippen LogP contribution in [0.3, 0.4) is 0 Å². The highest BCUT2D eigenvalue weighted by Crippen LogP contribution is 2.42. The zero-order chi connectivity index (χ0) is 14.1. The van der Waals surface area contributed by atoms with Gasteiger partial charge in [-0.2, -0.15) is 0 Å². The molecule has 4 heteroatoms. The van der Waals surface area contributed by atoms with E-state index in [1.807, 2.05) is 0 Å². The molecule has 0 spiro atoms. The number of rotatable bonds is 3. The highest BCUT2D eigenvalue weighted by molar-refractivity contribution is 5.45. The lowest BCUT2D eigenvalue weighted by Gasteiger charge is -2.38. The molecule has 0 aromatic heterocycles. The SMILES string of the molecule is c1cc2c(cc1[C@H](C1CCCC1)N1CCNCC1)OCO2. The van der Waals surface area contributed by atoms with Crippen molar-refractivity contribution in [3.8, 4) is 11.5 Å². The van der Waals surface area contributed by atoms with Crippen molar-refractivity contribution >= 4 is 0 Å². The van der Waals surface area contributed by atoms with Crippen molar-refractivity contribution < 1.29 is 9.47 Å². The summed E-state index contributed by atoms with van der Waals surface area (Å²) in [5.74, 6) is 2.61. The van der Waals surface area contributed by atoms with Crippen LogP contribution in [0, 0.1) is 5.92 Å². The van der Waals surface area contributed by atoms with Gasteiger partial charge in [0.25, 0.3) is 0 Å². The third-order valence-electron chi connectivity index (χ3n) is 5.13. The van der Waals surface area contributed by atoms with Crippen molar-refractivity contribution in [1.29, 1.82) is 0 Å². The molecular weight excluding hydrogens is 264 g/mol. The number of hydrogen-bond acceptors (Lipinski definition) is 4. The van der Waals surface area contributed by atoms with E-state index in [9.17, 15) is 0 Å². The van der Waals surface area contributed by atoms with Gasteiger partial charge in [0, 0.05) is 32.2 Å². The molecule has 2 heterocycles. The molecule has 0 amide bonds. The Bertz CT molecular complexity index is 494. The van der Waals surface area contributed by atoms with Gasteiger partial charge in [-0.25, -0.2) is 0 Å². The number of piperazine rings is 1. The maximum atomic E-state index is 5.59. The lowest BCUT2D eigenvalue weighted by molar-refractivity contribution is 0.125. The fourth-order valence-electron chi connectivity index (χ4n) is 4.11. The van der Waals surface area contributed by atoms with Crippen LogP contribution in [-0.2, 0) is 0 Å². The van der Waals surface area contributed by atoms with Gasteiger partial charge in [0.1, 0.15) is 0 Å². The normalized spacial score (nSPS) is 24.4. The van der Waals surface area contributed by atoms with E-state index in [0.29, 0.717) is 12.8 Å². The Labute approximate surface area is 126 Å². The third-order valence-corrected chi connectivity index (χ3v) is 5.13. The number of hydrogen-bond donors (Lipinski definition) is 1. The van der Waals surface area contributed by atoms with E-state index in [0.717, 1.165) is 43.6 Å². The molecule has 3 aliphatic rings. The summed E-state index contributed by atoms with van der Waals surface area (Å²) in [6.45, 7) is 4.87. The molecule has 1 saturated heterocycles. The second-order valence-electron chi connectivity index (χ2n) is 6.39. The summed E-state index contributed by atoms with van der Waals surface area (Å²) in [5.41, 5.74) is 1.41. The summed E-state index contributed by atoms with van der Waals surface area (Å²) in [7, 11) is 0. The second kappa shape index (κ2) is 5.85. The van der Waals surface area contributed by atoms with Crippen molar-refractivity contribution in [2.24, 2.45) is 5.92 Å². The number of nitrogens with zero attached hydrogens (tertiary/aromatic N) is 1. The molecule has 21 heavy (non-hydrogen) atoms. The van der Waals surface area contributed by atoms with E-state index >= 15 is 0 Å². The molecular formula is C17H24N2O2. The molecule has 4 rings (SSSR count). The van der Waals surface area contributed by atoms with E-state index in [1.54, 1.807) is 0 Å². The van der Waals surface area contributed by atoms with Crippen LogP contribution in [0.25, 0.3) is 0 Å². The van der Waals surface area contributed by atoms with Gasteiger partial charge in [-0.05, 0) is 36.5 Å². The fourth-order valence-corrected chi connectivity index (χ4v) is 4.11. The Kier molecular flexibility index (Phi) is 3.74. The van der Waals surface area contributed by atoms with Gasteiger partial charge in [0.05, 0.1) is 0 Å². The first kappa shape index (κ1) is 13.4. The minimum Gasteiger partial charge on any atom is -0.454 e. The molecule has 2 aliphatic heterocycles. The van der Waals surface area contributed by atoms with Crippen molar-refractivity contribution in [3.05, 3.63) is 23.8 Å². The van der Waals surface area contributed by atoms with Crippen molar-refractivity contribution in [2.75, 3.05) is 33.0 Å². The minimum absolute atomic E-state index is 0.362. The zero-order valence-corrected chi connectivity index (χ0v) is 12.5. The number of nitrogens with one attached hydrogen (secondary N) is 1. The fraction of sp³-hybridized carbons (Fsp3) is 0.647. The van der Waals surface area contributed by atoms with Crippen LogP contribution >= 0.6 is 0 Å². The molecule has 1 aromatic carbocycles. The molecule has 1 atom stereocenters. The molecule has 1 N–H and O–H groups in total. The van der Waals surface area contributed by atoms with Crippen molar-refractivity contribution in [1.82, 2.24) is 10.2 Å². The molecule has 2 fully saturated rings. The first-order chi connectivity index (χ1) is 10.4. The largest absolute Gasteiger partial charge is 0.454 e. The van der Waals surface area contributed by atoms with Gasteiger partial charge in [-0.15, -0.1) is 0 Å². The summed E-state index contributed by atoms with van der Waals surface area (Å²) < 4.78 is 11.0. The van der Waals surface area contributed by atoms with Crippen molar-refractivity contribution in [2.45, 2.75) is 31.7 Å². The summed E-state index contributed by atoms with van der Waals surface area (Å²) in [4.78, 5) is 2.67. The van der Waals surface area contributed by atoms with E-state index in [1.165, 1.54) is 31.2 Å². The Morgan fingerprint density at radius 2 is 1.81 bits per heavy atom. The van der Waals surface area contributed by atoms with Crippen LogP contribution < -0.4 is 14.8 Å². The minimum atomic E-state index is 0.362. The first-order valence-electron chi connectivity index (χ1n) is 8.26. The summed E-state index contributed by atoms with van der Waals surface area (Å²) >= 11 is 0. The van der Waals surface area contributed by atoms with E-state index in [2.05, 4.69) is 28.4 Å². The van der Waals surface area contributed by atoms with Crippen molar-refractivity contribution in [3.63, 3.8) is 0 Å². The number of fused-ring (bicyclic) bond motifs is 1. The summed E-state index contributed by atoms with van der Waals surface area (Å²) in [6, 6.07) is 7.09. The van der Waals surface area contributed by atoms with Gasteiger partial charge in [-0.1, -0.05) is 18.9 Å². The van der Waals surface area contributed by atoms with Gasteiger partial charge in [0.2, 0.25) is 6.79 Å². The maximum Gasteiger partial charge on any atom is 0.231 e. The summed E-state index contributed by atoms with van der Waals surface area (Å²) in [5, 5.41) is 3.47. The average molecular weight is 288 g/mol. The van der Waals surface area contributed by atoms with E-state index < -0.39 is 0 Å². The molecule has 0 bridgehead atoms. The van der Waals surface area contributed by atoms with E-state index in [-0.39, 0.29) is 0 Å². The van der Waals surface area contributed by atoms with Crippen LogP contribution in [0.1, 0.15) is 37.3 Å². The molecule has 1 aromatic rings. The molecule has 0 radical (unpaired) electrons. The molecule has 4 nitrogen and oxygen atoms in total. The third kappa shape index (κ3) is 2.62. The topological polar surface area (TPSA) is 33.7 Å². The Morgan fingerprint density at radius 3 is 2.62 bits per heavy atom. The molecule has 1 aliphatic carbocycles. The van der Waals surface area contributed by atoms with Crippen LogP contribution in [-0.4, -0.2) is 37.9 Å². The maximum absolute atomic E-state index is 5.59. The Hall–Kier alpha value is -1.26. The highest BCUT2D eigenvalue weighted by atomic mass is 16.7. The van der Waals surface area contributed by atoms with Crippen LogP contribution in [0.4, 0.5) is 0 Å². The average Bonchev–Trinajstić information content (AvgIpc) is 3.19. The van der Waals surface area contributed by atoms with Gasteiger partial charge in [0.15, 0.2) is 11.5 Å². The Morgan fingerprint density at radius 1 is 1.05 bits per heavy atom. The highest BCUT2D eigenvalue weighted by Gasteiger charge is 2.32. The summed E-state index contributed by atoms with van der Waals surface area (Å²) in [6.07, 6.45) is 5.50.